The maximum atomic E-state index is 13.5. The van der Waals surface area contributed by atoms with Crippen molar-refractivity contribution >= 4 is 29.2 Å². The van der Waals surface area contributed by atoms with Crippen LogP contribution in [0.25, 0.3) is 10.4 Å². The molecule has 0 aliphatic carbocycles. The zero-order valence-electron chi connectivity index (χ0n) is 7.54. The molecule has 0 aliphatic heterocycles. The number of benzene rings is 1. The van der Waals surface area contributed by atoms with Crippen molar-refractivity contribution in [1.29, 1.82) is 0 Å². The Morgan fingerprint density at radius 3 is 2.87 bits per heavy atom. The van der Waals surface area contributed by atoms with Crippen LogP contribution in [0, 0.1) is 5.82 Å². The van der Waals surface area contributed by atoms with Gasteiger partial charge >= 0.3 is 0 Å². The Labute approximate surface area is 95.1 Å². The molecule has 0 N–H and O–H groups in total. The third-order valence-corrected chi connectivity index (χ3v) is 3.19. The predicted molar refractivity (Wildman–Crippen MR) is 60.1 cm³/mol. The first-order valence-electron chi connectivity index (χ1n) is 4.20. The summed E-state index contributed by atoms with van der Waals surface area (Å²) < 4.78 is 13.5. The number of halogens is 2. The third kappa shape index (κ3) is 1.94. The number of hydrogen-bond donors (Lipinski definition) is 0. The lowest BCUT2D eigenvalue weighted by Crippen LogP contribution is -1.85. The van der Waals surface area contributed by atoms with Crippen LogP contribution >= 0.6 is 22.9 Å². The first kappa shape index (κ1) is 10.3. The van der Waals surface area contributed by atoms with Crippen LogP contribution < -0.4 is 0 Å². The van der Waals surface area contributed by atoms with E-state index < -0.39 is 0 Å². The van der Waals surface area contributed by atoms with Crippen molar-refractivity contribution in [3.63, 3.8) is 0 Å². The molecule has 0 bridgehead atoms. The molecule has 15 heavy (non-hydrogen) atoms. The zero-order chi connectivity index (χ0) is 10.8. The van der Waals surface area contributed by atoms with Gasteiger partial charge in [-0.2, -0.15) is 0 Å². The molecular formula is C11H6ClFOS. The molecule has 0 unspecified atom stereocenters. The van der Waals surface area contributed by atoms with Gasteiger partial charge in [0, 0.05) is 21.0 Å². The SMILES string of the molecule is O=Cc1ccsc1-c1cc(Cl)ccc1F. The van der Waals surface area contributed by atoms with Crippen LogP contribution in [0.1, 0.15) is 10.4 Å². The van der Waals surface area contributed by atoms with E-state index in [1.54, 1.807) is 11.4 Å². The van der Waals surface area contributed by atoms with Gasteiger partial charge in [-0.25, -0.2) is 4.39 Å². The van der Waals surface area contributed by atoms with Gasteiger partial charge in [0.2, 0.25) is 0 Å². The second-order valence-electron chi connectivity index (χ2n) is 2.95. The average Bonchev–Trinajstić information content (AvgIpc) is 2.69. The Morgan fingerprint density at radius 2 is 2.13 bits per heavy atom. The van der Waals surface area contributed by atoms with E-state index in [-0.39, 0.29) is 5.82 Å². The molecule has 76 valence electrons. The molecule has 2 rings (SSSR count). The molecule has 1 heterocycles. The summed E-state index contributed by atoms with van der Waals surface area (Å²) in [5.41, 5.74) is 0.862. The second-order valence-corrected chi connectivity index (χ2v) is 4.30. The number of aldehydes is 1. The smallest absolute Gasteiger partial charge is 0.151 e. The lowest BCUT2D eigenvalue weighted by Gasteiger charge is -2.01. The van der Waals surface area contributed by atoms with Crippen molar-refractivity contribution in [3.05, 3.63) is 46.0 Å². The molecular weight excluding hydrogens is 235 g/mol. The van der Waals surface area contributed by atoms with Crippen LogP contribution in [0.5, 0.6) is 0 Å². The Morgan fingerprint density at radius 1 is 1.33 bits per heavy atom. The van der Waals surface area contributed by atoms with E-state index in [2.05, 4.69) is 0 Å². The van der Waals surface area contributed by atoms with Gasteiger partial charge in [0.05, 0.1) is 0 Å². The largest absolute Gasteiger partial charge is 0.298 e. The van der Waals surface area contributed by atoms with Gasteiger partial charge in [0.25, 0.3) is 0 Å². The van der Waals surface area contributed by atoms with E-state index in [1.165, 1.54) is 29.5 Å². The lowest BCUT2D eigenvalue weighted by atomic mass is 10.1. The molecule has 0 fully saturated rings. The molecule has 0 saturated heterocycles. The highest BCUT2D eigenvalue weighted by molar-refractivity contribution is 7.14. The Balaban J connectivity index is 2.62. The summed E-state index contributed by atoms with van der Waals surface area (Å²) in [7, 11) is 0. The highest BCUT2D eigenvalue weighted by Crippen LogP contribution is 2.32. The van der Waals surface area contributed by atoms with E-state index in [0.717, 1.165) is 0 Å². The standard InChI is InChI=1S/C11H6ClFOS/c12-8-1-2-10(13)9(5-8)11-7(6-14)3-4-15-11/h1-6H. The molecule has 0 saturated carbocycles. The molecule has 1 aromatic carbocycles. The quantitative estimate of drug-likeness (QED) is 0.725. The minimum absolute atomic E-state index is 0.370. The molecule has 0 aliphatic rings. The molecule has 0 spiro atoms. The minimum atomic E-state index is -0.370. The van der Waals surface area contributed by atoms with Crippen LogP contribution in [0.2, 0.25) is 5.02 Å². The highest BCUT2D eigenvalue weighted by atomic mass is 35.5. The van der Waals surface area contributed by atoms with Crippen molar-refractivity contribution in [3.8, 4) is 10.4 Å². The number of carbonyl (C=O) groups is 1. The topological polar surface area (TPSA) is 17.1 Å². The van der Waals surface area contributed by atoms with Crippen LogP contribution in [-0.2, 0) is 0 Å². The summed E-state index contributed by atoms with van der Waals surface area (Å²) in [6.07, 6.45) is 0.714. The number of thiophene rings is 1. The molecule has 4 heteroatoms. The fourth-order valence-corrected chi connectivity index (χ4v) is 2.36. The van der Waals surface area contributed by atoms with Crippen molar-refractivity contribution in [2.24, 2.45) is 0 Å². The third-order valence-electron chi connectivity index (χ3n) is 2.00. The highest BCUT2D eigenvalue weighted by Gasteiger charge is 2.11. The molecule has 0 amide bonds. The maximum absolute atomic E-state index is 13.5. The lowest BCUT2D eigenvalue weighted by molar-refractivity contribution is 0.112. The van der Waals surface area contributed by atoms with E-state index in [9.17, 15) is 9.18 Å². The summed E-state index contributed by atoms with van der Waals surface area (Å²) in [4.78, 5) is 11.3. The summed E-state index contributed by atoms with van der Waals surface area (Å²) >= 11 is 7.10. The first-order chi connectivity index (χ1) is 7.22. The molecule has 2 aromatic rings. The Hall–Kier alpha value is -1.19. The molecule has 1 aromatic heterocycles. The van der Waals surface area contributed by atoms with Gasteiger partial charge in [0.15, 0.2) is 6.29 Å². The van der Waals surface area contributed by atoms with Crippen molar-refractivity contribution in [2.45, 2.75) is 0 Å². The van der Waals surface area contributed by atoms with Gasteiger partial charge in [-0.05, 0) is 29.6 Å². The van der Waals surface area contributed by atoms with Gasteiger partial charge in [-0.15, -0.1) is 11.3 Å². The molecule has 0 atom stereocenters. The molecule has 0 radical (unpaired) electrons. The van der Waals surface area contributed by atoms with Crippen molar-refractivity contribution in [2.75, 3.05) is 0 Å². The fraction of sp³-hybridized carbons (Fsp3) is 0. The van der Waals surface area contributed by atoms with Gasteiger partial charge < -0.3 is 0 Å². The summed E-state index contributed by atoms with van der Waals surface area (Å²) in [5.74, 6) is -0.370. The second kappa shape index (κ2) is 4.13. The van der Waals surface area contributed by atoms with E-state index >= 15 is 0 Å². The van der Waals surface area contributed by atoms with E-state index in [0.29, 0.717) is 27.3 Å². The normalized spacial score (nSPS) is 10.3. The van der Waals surface area contributed by atoms with Crippen LogP contribution in [-0.4, -0.2) is 6.29 Å². The summed E-state index contributed by atoms with van der Waals surface area (Å²) in [5, 5.41) is 2.20. The summed E-state index contributed by atoms with van der Waals surface area (Å²) in [6.45, 7) is 0. The van der Waals surface area contributed by atoms with Gasteiger partial charge in [-0.1, -0.05) is 11.6 Å². The van der Waals surface area contributed by atoms with E-state index in [4.69, 9.17) is 11.6 Å². The molecule has 1 nitrogen and oxygen atoms in total. The van der Waals surface area contributed by atoms with Crippen LogP contribution in [0.4, 0.5) is 4.39 Å². The maximum Gasteiger partial charge on any atom is 0.151 e. The Kier molecular flexibility index (Phi) is 2.84. The van der Waals surface area contributed by atoms with Crippen molar-refractivity contribution in [1.82, 2.24) is 0 Å². The fourth-order valence-electron chi connectivity index (χ4n) is 1.30. The van der Waals surface area contributed by atoms with Crippen LogP contribution in [0.15, 0.2) is 29.6 Å². The van der Waals surface area contributed by atoms with Crippen LogP contribution in [0.3, 0.4) is 0 Å². The first-order valence-corrected chi connectivity index (χ1v) is 5.46. The number of carbonyl (C=O) groups excluding carboxylic acids is 1. The van der Waals surface area contributed by atoms with E-state index in [1.807, 2.05) is 0 Å². The Bertz CT molecular complexity index is 507. The monoisotopic (exact) mass is 240 g/mol. The number of rotatable bonds is 2. The predicted octanol–water partition coefficient (Wildman–Crippen LogP) is 4.02. The average molecular weight is 241 g/mol. The van der Waals surface area contributed by atoms with Gasteiger partial charge in [0.1, 0.15) is 5.82 Å². The summed E-state index contributed by atoms with van der Waals surface area (Å²) in [6, 6.07) is 5.96. The zero-order valence-corrected chi connectivity index (χ0v) is 9.11. The number of hydrogen-bond acceptors (Lipinski definition) is 2. The van der Waals surface area contributed by atoms with Gasteiger partial charge in [-0.3, -0.25) is 4.79 Å². The minimum Gasteiger partial charge on any atom is -0.298 e. The van der Waals surface area contributed by atoms with Crippen molar-refractivity contribution < 1.29 is 9.18 Å².